The molecule has 1 fully saturated rings. The van der Waals surface area contributed by atoms with Crippen LogP contribution in [0.3, 0.4) is 0 Å². The quantitative estimate of drug-likeness (QED) is 0.841. The van der Waals surface area contributed by atoms with Crippen molar-refractivity contribution in [1.82, 2.24) is 10.2 Å². The Kier molecular flexibility index (Phi) is 5.41. The van der Waals surface area contributed by atoms with Crippen LogP contribution in [0.4, 0.5) is 0 Å². The van der Waals surface area contributed by atoms with Crippen molar-refractivity contribution in [2.75, 3.05) is 6.54 Å². The van der Waals surface area contributed by atoms with Crippen molar-refractivity contribution in [3.8, 4) is 0 Å². The van der Waals surface area contributed by atoms with E-state index in [-0.39, 0.29) is 0 Å². The van der Waals surface area contributed by atoms with Gasteiger partial charge in [0.1, 0.15) is 0 Å². The minimum atomic E-state index is 0.742. The van der Waals surface area contributed by atoms with Gasteiger partial charge in [-0.15, -0.1) is 0 Å². The first kappa shape index (κ1) is 14.5. The molecule has 1 aliphatic rings. The van der Waals surface area contributed by atoms with Crippen LogP contribution in [0, 0.1) is 0 Å². The molecule has 2 nitrogen and oxygen atoms in total. The maximum absolute atomic E-state index is 3.37. The second-order valence-electron chi connectivity index (χ2n) is 5.76. The summed E-state index contributed by atoms with van der Waals surface area (Å²) in [6, 6.07) is 10.6. The second-order valence-corrected chi connectivity index (χ2v) is 5.76. The number of hydrogen-bond acceptors (Lipinski definition) is 2. The molecule has 2 heteroatoms. The van der Waals surface area contributed by atoms with Crippen molar-refractivity contribution in [3.63, 3.8) is 0 Å². The molecule has 0 saturated carbocycles. The molecule has 0 spiro atoms. The normalized spacial score (nSPS) is 23.9. The molecule has 2 atom stereocenters. The molecule has 0 aliphatic carbocycles. The minimum Gasteiger partial charge on any atom is -0.313 e. The van der Waals surface area contributed by atoms with Gasteiger partial charge in [0.25, 0.3) is 0 Å². The highest BCUT2D eigenvalue weighted by molar-refractivity contribution is 5.22. The first-order chi connectivity index (χ1) is 9.24. The van der Waals surface area contributed by atoms with E-state index in [0.717, 1.165) is 31.7 Å². The Balaban J connectivity index is 1.95. The van der Waals surface area contributed by atoms with Gasteiger partial charge in [0.2, 0.25) is 0 Å². The maximum atomic E-state index is 3.37. The summed E-state index contributed by atoms with van der Waals surface area (Å²) in [4.78, 5) is 2.68. The highest BCUT2D eigenvalue weighted by atomic mass is 15.2. The third-order valence-corrected chi connectivity index (χ3v) is 4.39. The molecule has 1 N–H and O–H groups in total. The lowest BCUT2D eigenvalue weighted by atomic mass is 10.1. The van der Waals surface area contributed by atoms with E-state index in [2.05, 4.69) is 55.3 Å². The standard InChI is InChI=1S/C17H28N2/c1-4-17-11-6-14(3)19(17)13-16-9-7-15(8-10-16)12-18-5-2/h7-10,14,17-18H,4-6,11-13H2,1-3H3. The molecule has 1 heterocycles. The average Bonchev–Trinajstić information content (AvgIpc) is 2.79. The van der Waals surface area contributed by atoms with Gasteiger partial charge in [-0.2, -0.15) is 0 Å². The Morgan fingerprint density at radius 2 is 1.79 bits per heavy atom. The van der Waals surface area contributed by atoms with Crippen LogP contribution in [0.25, 0.3) is 0 Å². The second kappa shape index (κ2) is 7.06. The van der Waals surface area contributed by atoms with Gasteiger partial charge < -0.3 is 5.32 Å². The summed E-state index contributed by atoms with van der Waals surface area (Å²) in [5.74, 6) is 0. The molecule has 1 aromatic carbocycles. The van der Waals surface area contributed by atoms with E-state index >= 15 is 0 Å². The van der Waals surface area contributed by atoms with Crippen LogP contribution in [0.2, 0.25) is 0 Å². The van der Waals surface area contributed by atoms with Gasteiger partial charge in [-0.1, -0.05) is 38.1 Å². The number of rotatable bonds is 6. The summed E-state index contributed by atoms with van der Waals surface area (Å²) in [5.41, 5.74) is 2.83. The Morgan fingerprint density at radius 1 is 1.11 bits per heavy atom. The van der Waals surface area contributed by atoms with Crippen LogP contribution >= 0.6 is 0 Å². The van der Waals surface area contributed by atoms with Gasteiger partial charge >= 0.3 is 0 Å². The van der Waals surface area contributed by atoms with Crippen LogP contribution < -0.4 is 5.32 Å². The van der Waals surface area contributed by atoms with Crippen molar-refractivity contribution >= 4 is 0 Å². The van der Waals surface area contributed by atoms with Crippen molar-refractivity contribution < 1.29 is 0 Å². The molecular formula is C17H28N2. The van der Waals surface area contributed by atoms with Crippen molar-refractivity contribution in [3.05, 3.63) is 35.4 Å². The lowest BCUT2D eigenvalue weighted by Crippen LogP contribution is -2.33. The number of hydrogen-bond donors (Lipinski definition) is 1. The fourth-order valence-corrected chi connectivity index (χ4v) is 3.09. The summed E-state index contributed by atoms with van der Waals surface area (Å²) in [7, 11) is 0. The molecule has 1 aliphatic heterocycles. The van der Waals surface area contributed by atoms with E-state index in [1.54, 1.807) is 0 Å². The first-order valence-electron chi connectivity index (χ1n) is 7.78. The van der Waals surface area contributed by atoms with Gasteiger partial charge in [-0.05, 0) is 43.9 Å². The summed E-state index contributed by atoms with van der Waals surface area (Å²) < 4.78 is 0. The molecule has 1 aromatic rings. The van der Waals surface area contributed by atoms with Gasteiger partial charge in [0, 0.05) is 25.2 Å². The monoisotopic (exact) mass is 260 g/mol. The maximum Gasteiger partial charge on any atom is 0.0239 e. The smallest absolute Gasteiger partial charge is 0.0239 e. The third-order valence-electron chi connectivity index (χ3n) is 4.39. The van der Waals surface area contributed by atoms with Gasteiger partial charge in [0.15, 0.2) is 0 Å². The van der Waals surface area contributed by atoms with E-state index in [1.807, 2.05) is 0 Å². The van der Waals surface area contributed by atoms with Crippen molar-refractivity contribution in [2.24, 2.45) is 0 Å². The number of likely N-dealkylation sites (tertiary alicyclic amines) is 1. The predicted molar refractivity (Wildman–Crippen MR) is 82.1 cm³/mol. The molecule has 1 saturated heterocycles. The molecule has 106 valence electrons. The third kappa shape index (κ3) is 3.80. The highest BCUT2D eigenvalue weighted by Gasteiger charge is 2.28. The summed E-state index contributed by atoms with van der Waals surface area (Å²) in [6.45, 7) is 9.96. The Morgan fingerprint density at radius 3 is 2.42 bits per heavy atom. The van der Waals surface area contributed by atoms with E-state index in [9.17, 15) is 0 Å². The molecule has 0 aromatic heterocycles. The summed E-state index contributed by atoms with van der Waals surface area (Å²) in [6.07, 6.45) is 4.01. The fraction of sp³-hybridized carbons (Fsp3) is 0.647. The molecule has 2 unspecified atom stereocenters. The minimum absolute atomic E-state index is 0.742. The zero-order chi connectivity index (χ0) is 13.7. The predicted octanol–water partition coefficient (Wildman–Crippen LogP) is 3.56. The molecule has 2 rings (SSSR count). The van der Waals surface area contributed by atoms with Gasteiger partial charge in [-0.25, -0.2) is 0 Å². The van der Waals surface area contributed by atoms with E-state index in [4.69, 9.17) is 0 Å². The van der Waals surface area contributed by atoms with E-state index in [1.165, 1.54) is 30.4 Å². The van der Waals surface area contributed by atoms with Crippen molar-refractivity contribution in [2.45, 2.75) is 65.2 Å². The van der Waals surface area contributed by atoms with Crippen LogP contribution in [0.1, 0.15) is 51.2 Å². The molecule has 0 amide bonds. The Bertz CT molecular complexity index is 371. The zero-order valence-corrected chi connectivity index (χ0v) is 12.7. The zero-order valence-electron chi connectivity index (χ0n) is 12.7. The molecule has 0 radical (unpaired) electrons. The van der Waals surface area contributed by atoms with E-state index < -0.39 is 0 Å². The number of nitrogens with zero attached hydrogens (tertiary/aromatic N) is 1. The first-order valence-corrected chi connectivity index (χ1v) is 7.78. The van der Waals surface area contributed by atoms with Gasteiger partial charge in [0.05, 0.1) is 0 Å². The van der Waals surface area contributed by atoms with Crippen LogP contribution in [-0.2, 0) is 13.1 Å². The van der Waals surface area contributed by atoms with Crippen LogP contribution in [0.5, 0.6) is 0 Å². The topological polar surface area (TPSA) is 15.3 Å². The molecular weight excluding hydrogens is 232 g/mol. The lowest BCUT2D eigenvalue weighted by molar-refractivity contribution is 0.189. The van der Waals surface area contributed by atoms with Crippen molar-refractivity contribution in [1.29, 1.82) is 0 Å². The van der Waals surface area contributed by atoms with Gasteiger partial charge in [-0.3, -0.25) is 4.90 Å². The average molecular weight is 260 g/mol. The summed E-state index contributed by atoms with van der Waals surface area (Å²) in [5, 5.41) is 3.37. The molecule has 19 heavy (non-hydrogen) atoms. The molecule has 0 bridgehead atoms. The fourth-order valence-electron chi connectivity index (χ4n) is 3.09. The summed E-state index contributed by atoms with van der Waals surface area (Å²) >= 11 is 0. The lowest BCUT2D eigenvalue weighted by Gasteiger charge is -2.27. The van der Waals surface area contributed by atoms with Crippen LogP contribution in [0.15, 0.2) is 24.3 Å². The number of benzene rings is 1. The van der Waals surface area contributed by atoms with Crippen LogP contribution in [-0.4, -0.2) is 23.5 Å². The Labute approximate surface area is 118 Å². The van der Waals surface area contributed by atoms with E-state index in [0.29, 0.717) is 0 Å². The Hall–Kier alpha value is -0.860. The number of nitrogens with one attached hydrogen (secondary N) is 1. The SMILES string of the molecule is CCNCc1ccc(CN2C(C)CCC2CC)cc1. The largest absolute Gasteiger partial charge is 0.313 e. The highest BCUT2D eigenvalue weighted by Crippen LogP contribution is 2.27.